The van der Waals surface area contributed by atoms with Gasteiger partial charge in [0.1, 0.15) is 0 Å². The smallest absolute Gasteiger partial charge is 0.316 e. The minimum absolute atomic E-state index is 0.0549. The van der Waals surface area contributed by atoms with Crippen molar-refractivity contribution in [3.8, 4) is 0 Å². The number of amides is 2. The van der Waals surface area contributed by atoms with E-state index in [0.29, 0.717) is 16.4 Å². The number of nitrogens with one attached hydrogen (secondary N) is 1. The summed E-state index contributed by atoms with van der Waals surface area (Å²) in [6.07, 6.45) is 0.739. The van der Waals surface area contributed by atoms with Gasteiger partial charge in [-0.25, -0.2) is 0 Å². The molecule has 118 valence electrons. The van der Waals surface area contributed by atoms with Gasteiger partial charge in [-0.3, -0.25) is 9.59 Å². The third-order valence-corrected chi connectivity index (χ3v) is 4.21. The zero-order valence-electron chi connectivity index (χ0n) is 12.5. The van der Waals surface area contributed by atoms with E-state index in [0.717, 1.165) is 17.7 Å². The first-order valence-electron chi connectivity index (χ1n) is 7.25. The number of benzene rings is 2. The molecule has 23 heavy (non-hydrogen) atoms. The summed E-state index contributed by atoms with van der Waals surface area (Å²) >= 11 is 5.92. The average Bonchev–Trinajstić information content (AvgIpc) is 2.86. The van der Waals surface area contributed by atoms with E-state index < -0.39 is 11.8 Å². The summed E-state index contributed by atoms with van der Waals surface area (Å²) in [6.45, 7) is 1.92. The number of nitrogens with two attached hydrogens (primary N) is 1. The molecule has 0 spiro atoms. The van der Waals surface area contributed by atoms with E-state index in [1.165, 1.54) is 11.0 Å². The van der Waals surface area contributed by atoms with E-state index in [9.17, 15) is 9.59 Å². The first-order chi connectivity index (χ1) is 11.0. The van der Waals surface area contributed by atoms with Crippen LogP contribution in [0, 0.1) is 0 Å². The molecule has 0 saturated carbocycles. The van der Waals surface area contributed by atoms with Gasteiger partial charge in [-0.1, -0.05) is 29.8 Å². The minimum Gasteiger partial charge on any atom is -0.398 e. The number of rotatable bonds is 1. The molecule has 3 N–H and O–H groups in total. The molecule has 0 saturated heterocycles. The molecule has 1 heterocycles. The van der Waals surface area contributed by atoms with E-state index in [1.54, 1.807) is 12.1 Å². The molecule has 2 aromatic rings. The fourth-order valence-electron chi connectivity index (χ4n) is 2.77. The van der Waals surface area contributed by atoms with Crippen molar-refractivity contribution in [2.75, 3.05) is 16.0 Å². The molecule has 2 amide bonds. The molecular weight excluding hydrogens is 314 g/mol. The Balaban J connectivity index is 1.80. The lowest BCUT2D eigenvalue weighted by molar-refractivity contribution is -0.134. The van der Waals surface area contributed by atoms with Crippen LogP contribution >= 0.6 is 11.6 Å². The van der Waals surface area contributed by atoms with Crippen LogP contribution in [0.4, 0.5) is 17.1 Å². The quantitative estimate of drug-likeness (QED) is 0.624. The van der Waals surface area contributed by atoms with Crippen molar-refractivity contribution in [3.05, 3.63) is 53.1 Å². The molecule has 0 bridgehead atoms. The highest BCUT2D eigenvalue weighted by Crippen LogP contribution is 2.32. The zero-order valence-corrected chi connectivity index (χ0v) is 13.3. The van der Waals surface area contributed by atoms with Crippen LogP contribution in [0.25, 0.3) is 0 Å². The maximum Gasteiger partial charge on any atom is 0.316 e. The molecule has 1 aliphatic rings. The van der Waals surface area contributed by atoms with Crippen LogP contribution in [0.2, 0.25) is 5.02 Å². The normalized spacial score (nSPS) is 16.1. The van der Waals surface area contributed by atoms with Crippen LogP contribution in [-0.2, 0) is 16.0 Å². The molecule has 0 fully saturated rings. The second-order valence-corrected chi connectivity index (χ2v) is 5.95. The molecule has 1 unspecified atom stereocenters. The number of hydrogen-bond donors (Lipinski definition) is 2. The average molecular weight is 330 g/mol. The molecule has 0 radical (unpaired) electrons. The molecule has 0 aliphatic carbocycles. The monoisotopic (exact) mass is 329 g/mol. The van der Waals surface area contributed by atoms with Gasteiger partial charge in [0.15, 0.2) is 0 Å². The predicted octanol–water partition coefficient (Wildman–Crippen LogP) is 2.84. The van der Waals surface area contributed by atoms with E-state index >= 15 is 0 Å². The van der Waals surface area contributed by atoms with Gasteiger partial charge < -0.3 is 16.0 Å². The first kappa shape index (κ1) is 15.4. The van der Waals surface area contributed by atoms with Crippen LogP contribution < -0.4 is 16.0 Å². The van der Waals surface area contributed by atoms with Gasteiger partial charge in [0, 0.05) is 17.4 Å². The van der Waals surface area contributed by atoms with Crippen molar-refractivity contribution in [3.63, 3.8) is 0 Å². The summed E-state index contributed by atoms with van der Waals surface area (Å²) in [6, 6.07) is 12.2. The van der Waals surface area contributed by atoms with Crippen molar-refractivity contribution in [1.29, 1.82) is 0 Å². The minimum atomic E-state index is -0.700. The number of fused-ring (bicyclic) bond motifs is 1. The molecule has 2 aromatic carbocycles. The summed E-state index contributed by atoms with van der Waals surface area (Å²) < 4.78 is 0. The number of halogens is 1. The van der Waals surface area contributed by atoms with E-state index in [2.05, 4.69) is 5.32 Å². The van der Waals surface area contributed by atoms with Crippen molar-refractivity contribution in [1.82, 2.24) is 0 Å². The summed E-state index contributed by atoms with van der Waals surface area (Å²) in [5.74, 6) is -1.29. The second-order valence-electron chi connectivity index (χ2n) is 5.55. The number of carbonyl (C=O) groups is 2. The first-order valence-corrected chi connectivity index (χ1v) is 7.62. The number of para-hydroxylation sites is 1. The van der Waals surface area contributed by atoms with Gasteiger partial charge in [-0.2, -0.15) is 0 Å². The number of nitrogen functional groups attached to an aromatic ring is 1. The van der Waals surface area contributed by atoms with E-state index in [1.807, 2.05) is 31.2 Å². The number of carbonyl (C=O) groups excluding carboxylic acids is 2. The lowest BCUT2D eigenvalue weighted by atomic mass is 10.1. The Morgan fingerprint density at radius 1 is 1.26 bits per heavy atom. The molecule has 3 rings (SSSR count). The van der Waals surface area contributed by atoms with Gasteiger partial charge >= 0.3 is 11.8 Å². The topological polar surface area (TPSA) is 75.4 Å². The van der Waals surface area contributed by atoms with Crippen LogP contribution in [0.3, 0.4) is 0 Å². The van der Waals surface area contributed by atoms with Crippen molar-refractivity contribution in [2.24, 2.45) is 0 Å². The maximum absolute atomic E-state index is 12.5. The lowest BCUT2D eigenvalue weighted by Gasteiger charge is -2.22. The van der Waals surface area contributed by atoms with Gasteiger partial charge in [0.2, 0.25) is 0 Å². The van der Waals surface area contributed by atoms with Gasteiger partial charge in [0.25, 0.3) is 0 Å². The largest absolute Gasteiger partial charge is 0.398 e. The molecule has 1 aliphatic heterocycles. The Labute approximate surface area is 139 Å². The highest BCUT2D eigenvalue weighted by Gasteiger charge is 2.34. The lowest BCUT2D eigenvalue weighted by Crippen LogP contribution is -2.43. The van der Waals surface area contributed by atoms with Crippen LogP contribution in [0.15, 0.2) is 42.5 Å². The Morgan fingerprint density at radius 2 is 2.00 bits per heavy atom. The van der Waals surface area contributed by atoms with Gasteiger partial charge in [-0.05, 0) is 43.2 Å². The van der Waals surface area contributed by atoms with Crippen molar-refractivity contribution >= 4 is 40.5 Å². The molecular formula is C17H16ClN3O2. The van der Waals surface area contributed by atoms with Gasteiger partial charge in [0.05, 0.1) is 10.7 Å². The predicted molar refractivity (Wildman–Crippen MR) is 91.6 cm³/mol. The number of anilines is 3. The highest BCUT2D eigenvalue weighted by atomic mass is 35.5. The highest BCUT2D eigenvalue weighted by molar-refractivity contribution is 6.44. The van der Waals surface area contributed by atoms with Crippen molar-refractivity contribution in [2.45, 2.75) is 19.4 Å². The maximum atomic E-state index is 12.5. The van der Waals surface area contributed by atoms with Crippen molar-refractivity contribution < 1.29 is 9.59 Å². The van der Waals surface area contributed by atoms with E-state index in [4.69, 9.17) is 17.3 Å². The fourth-order valence-corrected chi connectivity index (χ4v) is 2.95. The zero-order chi connectivity index (χ0) is 16.6. The van der Waals surface area contributed by atoms with Crippen LogP contribution in [0.1, 0.15) is 12.5 Å². The standard InChI is InChI=1S/C17H16ClN3O2/c1-10-8-11-4-2-3-5-15(11)21(10)17(23)16(22)20-12-6-7-14(19)13(18)9-12/h2-7,9-10H,8,19H2,1H3,(H,20,22). The Bertz CT molecular complexity index is 791. The molecule has 0 aromatic heterocycles. The molecule has 5 nitrogen and oxygen atoms in total. The Kier molecular flexibility index (Phi) is 3.96. The summed E-state index contributed by atoms with van der Waals surface area (Å²) in [5.41, 5.74) is 8.33. The number of nitrogens with zero attached hydrogens (tertiary/aromatic N) is 1. The Morgan fingerprint density at radius 3 is 2.74 bits per heavy atom. The second kappa shape index (κ2) is 5.93. The fraction of sp³-hybridized carbons (Fsp3) is 0.176. The SMILES string of the molecule is CC1Cc2ccccc2N1C(=O)C(=O)Nc1ccc(N)c(Cl)c1. The molecule has 1 atom stereocenters. The third-order valence-electron chi connectivity index (χ3n) is 3.88. The number of hydrogen-bond acceptors (Lipinski definition) is 3. The summed E-state index contributed by atoms with van der Waals surface area (Å²) in [5, 5.41) is 2.90. The third kappa shape index (κ3) is 2.87. The Hall–Kier alpha value is -2.53. The van der Waals surface area contributed by atoms with E-state index in [-0.39, 0.29) is 6.04 Å². The van der Waals surface area contributed by atoms with Crippen LogP contribution in [0.5, 0.6) is 0 Å². The molecule has 6 heteroatoms. The summed E-state index contributed by atoms with van der Waals surface area (Å²) in [7, 11) is 0. The summed E-state index contributed by atoms with van der Waals surface area (Å²) in [4.78, 5) is 26.3. The van der Waals surface area contributed by atoms with Gasteiger partial charge in [-0.15, -0.1) is 0 Å². The van der Waals surface area contributed by atoms with Crippen LogP contribution in [-0.4, -0.2) is 17.9 Å².